The van der Waals surface area contributed by atoms with Gasteiger partial charge in [-0.1, -0.05) is 0 Å². The molecule has 0 amide bonds. The van der Waals surface area contributed by atoms with Crippen molar-refractivity contribution >= 4 is 16.0 Å². The van der Waals surface area contributed by atoms with Gasteiger partial charge in [-0.3, -0.25) is 0 Å². The van der Waals surface area contributed by atoms with Crippen LogP contribution in [0.25, 0.3) is 0 Å². The Morgan fingerprint density at radius 1 is 1.53 bits per heavy atom. The summed E-state index contributed by atoms with van der Waals surface area (Å²) in [7, 11) is -3.78. The zero-order chi connectivity index (χ0) is 14.3. The largest absolute Gasteiger partial charge is 0.478 e. The molecule has 0 saturated heterocycles. The average Bonchev–Trinajstić information content (AvgIpc) is 2.38. The number of hydrogen-bond donors (Lipinski definition) is 2. The van der Waals surface area contributed by atoms with Gasteiger partial charge in [0.15, 0.2) is 5.03 Å². The Labute approximate surface area is 111 Å². The van der Waals surface area contributed by atoms with E-state index in [1.165, 1.54) is 6.07 Å². The van der Waals surface area contributed by atoms with Gasteiger partial charge in [0.05, 0.1) is 5.56 Å². The summed E-state index contributed by atoms with van der Waals surface area (Å²) in [5.74, 6) is -1.20. The number of sulfonamides is 1. The maximum absolute atomic E-state index is 11.8. The average molecular weight is 288 g/mol. The minimum Gasteiger partial charge on any atom is -0.478 e. The first-order valence-corrected chi connectivity index (χ1v) is 7.22. The summed E-state index contributed by atoms with van der Waals surface area (Å²) >= 11 is 0. The first kappa shape index (κ1) is 15.5. The monoisotopic (exact) mass is 288 g/mol. The van der Waals surface area contributed by atoms with Gasteiger partial charge >= 0.3 is 5.97 Å². The van der Waals surface area contributed by atoms with E-state index in [0.29, 0.717) is 19.6 Å². The minimum absolute atomic E-state index is 0.121. The first-order chi connectivity index (χ1) is 8.97. The molecule has 1 aromatic heterocycles. The van der Waals surface area contributed by atoms with E-state index in [2.05, 4.69) is 9.71 Å². The highest BCUT2D eigenvalue weighted by molar-refractivity contribution is 7.89. The summed E-state index contributed by atoms with van der Waals surface area (Å²) in [4.78, 5) is 14.4. The van der Waals surface area contributed by atoms with E-state index in [9.17, 15) is 13.2 Å². The molecule has 0 aliphatic carbocycles. The number of carboxylic acids is 1. The summed E-state index contributed by atoms with van der Waals surface area (Å²) in [6, 6.07) is 2.25. The lowest BCUT2D eigenvalue weighted by atomic mass is 10.3. The van der Waals surface area contributed by atoms with Crippen LogP contribution in [0.4, 0.5) is 0 Å². The normalized spacial score (nSPS) is 11.4. The van der Waals surface area contributed by atoms with E-state index in [1.54, 1.807) is 0 Å². The zero-order valence-corrected chi connectivity index (χ0v) is 11.3. The number of nitrogens with zero attached hydrogens (tertiary/aromatic N) is 1. The number of pyridine rings is 1. The highest BCUT2D eigenvalue weighted by Gasteiger charge is 2.16. The molecule has 0 aliphatic rings. The van der Waals surface area contributed by atoms with Crippen molar-refractivity contribution in [2.24, 2.45) is 0 Å². The van der Waals surface area contributed by atoms with Crippen LogP contribution in [0.2, 0.25) is 0 Å². The number of aromatic carboxylic acids is 1. The van der Waals surface area contributed by atoms with Crippen molar-refractivity contribution < 1.29 is 23.1 Å². The van der Waals surface area contributed by atoms with Crippen molar-refractivity contribution in [3.05, 3.63) is 23.9 Å². The molecular weight excluding hydrogens is 272 g/mol. The molecular formula is C11H16N2O5S. The van der Waals surface area contributed by atoms with Crippen molar-refractivity contribution in [1.29, 1.82) is 0 Å². The maximum Gasteiger partial charge on any atom is 0.335 e. The van der Waals surface area contributed by atoms with Crippen molar-refractivity contribution in [2.75, 3.05) is 19.8 Å². The van der Waals surface area contributed by atoms with E-state index in [1.807, 2.05) is 6.92 Å². The van der Waals surface area contributed by atoms with Crippen LogP contribution in [0.5, 0.6) is 0 Å². The summed E-state index contributed by atoms with van der Waals surface area (Å²) in [6.45, 7) is 3.10. The second-order valence-electron chi connectivity index (χ2n) is 3.64. The molecule has 1 rings (SSSR count). The molecule has 1 aromatic rings. The number of carboxylic acid groups (broad SMARTS) is 1. The van der Waals surface area contributed by atoms with Gasteiger partial charge in [-0.2, -0.15) is 0 Å². The van der Waals surface area contributed by atoms with Gasteiger partial charge in [-0.25, -0.2) is 22.9 Å². The van der Waals surface area contributed by atoms with Gasteiger partial charge in [0.1, 0.15) is 0 Å². The zero-order valence-electron chi connectivity index (χ0n) is 10.5. The first-order valence-electron chi connectivity index (χ1n) is 5.74. The van der Waals surface area contributed by atoms with Gasteiger partial charge in [-0.05, 0) is 25.5 Å². The van der Waals surface area contributed by atoms with Gasteiger partial charge in [0.25, 0.3) is 10.0 Å². The Hall–Kier alpha value is -1.51. The smallest absolute Gasteiger partial charge is 0.335 e. The van der Waals surface area contributed by atoms with Gasteiger partial charge < -0.3 is 9.84 Å². The van der Waals surface area contributed by atoms with Crippen LogP contribution in [0.1, 0.15) is 23.7 Å². The number of hydrogen-bond acceptors (Lipinski definition) is 5. The van der Waals surface area contributed by atoms with Gasteiger partial charge in [-0.15, -0.1) is 0 Å². The molecule has 1 heterocycles. The van der Waals surface area contributed by atoms with Crippen LogP contribution < -0.4 is 4.72 Å². The highest BCUT2D eigenvalue weighted by Crippen LogP contribution is 2.08. The molecule has 0 atom stereocenters. The van der Waals surface area contributed by atoms with Crippen LogP contribution in [0.15, 0.2) is 23.4 Å². The molecule has 0 saturated carbocycles. The van der Waals surface area contributed by atoms with E-state index in [4.69, 9.17) is 9.84 Å². The van der Waals surface area contributed by atoms with E-state index in [0.717, 1.165) is 12.3 Å². The van der Waals surface area contributed by atoms with E-state index >= 15 is 0 Å². The highest BCUT2D eigenvalue weighted by atomic mass is 32.2. The fourth-order valence-electron chi connectivity index (χ4n) is 1.29. The molecule has 0 radical (unpaired) electrons. The molecule has 0 spiro atoms. The lowest BCUT2D eigenvalue weighted by molar-refractivity contribution is 0.0696. The molecule has 19 heavy (non-hydrogen) atoms. The molecule has 0 fully saturated rings. The Kier molecular flexibility index (Phi) is 5.87. The molecule has 106 valence electrons. The Morgan fingerprint density at radius 3 is 2.89 bits per heavy atom. The number of nitrogens with one attached hydrogen (secondary N) is 1. The molecule has 0 unspecified atom stereocenters. The van der Waals surface area contributed by atoms with Gasteiger partial charge in [0, 0.05) is 26.0 Å². The Bertz CT molecular complexity index is 530. The number of ether oxygens (including phenoxy) is 1. The van der Waals surface area contributed by atoms with Crippen LogP contribution in [-0.4, -0.2) is 44.2 Å². The summed E-state index contributed by atoms with van der Waals surface area (Å²) in [6.07, 6.45) is 1.68. The van der Waals surface area contributed by atoms with Crippen LogP contribution in [0.3, 0.4) is 0 Å². The van der Waals surface area contributed by atoms with Crippen LogP contribution in [0, 0.1) is 0 Å². The minimum atomic E-state index is -3.78. The Morgan fingerprint density at radius 2 is 2.26 bits per heavy atom. The summed E-state index contributed by atoms with van der Waals surface area (Å²) < 4.78 is 31.1. The third kappa shape index (κ3) is 4.93. The molecule has 7 nitrogen and oxygen atoms in total. The Balaban J connectivity index is 2.66. The standard InChI is InChI=1S/C11H16N2O5S/c1-2-18-7-3-5-13-19(16,17)10-8-9(11(14)15)4-6-12-10/h4,6,8,13H,2-3,5,7H2,1H3,(H,14,15). The third-order valence-electron chi connectivity index (χ3n) is 2.22. The molecule has 8 heteroatoms. The summed E-state index contributed by atoms with van der Waals surface area (Å²) in [5, 5.41) is 8.49. The van der Waals surface area contributed by atoms with Crippen LogP contribution >= 0.6 is 0 Å². The van der Waals surface area contributed by atoms with Crippen molar-refractivity contribution in [2.45, 2.75) is 18.4 Å². The van der Waals surface area contributed by atoms with E-state index < -0.39 is 16.0 Å². The number of carbonyl (C=O) groups is 1. The molecule has 2 N–H and O–H groups in total. The molecule has 0 aliphatic heterocycles. The fraction of sp³-hybridized carbons (Fsp3) is 0.455. The topological polar surface area (TPSA) is 106 Å². The van der Waals surface area contributed by atoms with Crippen molar-refractivity contribution in [1.82, 2.24) is 9.71 Å². The lowest BCUT2D eigenvalue weighted by Crippen LogP contribution is -2.26. The second-order valence-corrected chi connectivity index (χ2v) is 5.35. The lowest BCUT2D eigenvalue weighted by Gasteiger charge is -2.06. The quantitative estimate of drug-likeness (QED) is 0.674. The van der Waals surface area contributed by atoms with Crippen molar-refractivity contribution in [3.8, 4) is 0 Å². The second kappa shape index (κ2) is 7.17. The predicted octanol–water partition coefficient (Wildman–Crippen LogP) is 0.485. The fourth-order valence-corrected chi connectivity index (χ4v) is 2.33. The third-order valence-corrected chi connectivity index (χ3v) is 3.58. The SMILES string of the molecule is CCOCCCNS(=O)(=O)c1cc(C(=O)O)ccn1. The maximum atomic E-state index is 11.8. The van der Waals surface area contributed by atoms with Crippen LogP contribution in [-0.2, 0) is 14.8 Å². The van der Waals surface area contributed by atoms with Gasteiger partial charge in [0.2, 0.25) is 0 Å². The van der Waals surface area contributed by atoms with E-state index in [-0.39, 0.29) is 17.1 Å². The molecule has 0 aromatic carbocycles. The summed E-state index contributed by atoms with van der Waals surface area (Å²) in [5.41, 5.74) is -0.121. The molecule has 0 bridgehead atoms. The number of aromatic nitrogens is 1. The predicted molar refractivity (Wildman–Crippen MR) is 67.5 cm³/mol. The number of rotatable bonds is 8. The van der Waals surface area contributed by atoms with Crippen molar-refractivity contribution in [3.63, 3.8) is 0 Å².